The first-order chi connectivity index (χ1) is 15.6. The number of esters is 1. The summed E-state index contributed by atoms with van der Waals surface area (Å²) in [6.45, 7) is 4.28. The zero-order valence-electron chi connectivity index (χ0n) is 19.0. The van der Waals surface area contributed by atoms with E-state index in [0.717, 1.165) is 44.9 Å². The summed E-state index contributed by atoms with van der Waals surface area (Å²) in [5.41, 5.74) is 0.384. The van der Waals surface area contributed by atoms with Gasteiger partial charge in [-0.2, -0.15) is 30.7 Å². The summed E-state index contributed by atoms with van der Waals surface area (Å²) in [4.78, 5) is 23.4. The third-order valence-corrected chi connectivity index (χ3v) is 4.86. The average Bonchev–Trinajstić information content (AvgIpc) is 2.74. The highest BCUT2D eigenvalue weighted by Crippen LogP contribution is 2.47. The maximum Gasteiger partial charge on any atom is 0.460 e. The molecule has 34 heavy (non-hydrogen) atoms. The van der Waals surface area contributed by atoms with Crippen molar-refractivity contribution in [2.45, 2.75) is 76.9 Å². The van der Waals surface area contributed by atoms with Gasteiger partial charge in [-0.25, -0.2) is 4.79 Å². The third-order valence-electron chi connectivity index (χ3n) is 4.86. The predicted octanol–water partition coefficient (Wildman–Crippen LogP) is 6.05. The molecule has 1 aromatic carbocycles. The Morgan fingerprint density at radius 1 is 0.941 bits per heavy atom. The predicted molar refractivity (Wildman–Crippen MR) is 109 cm³/mol. The highest BCUT2D eigenvalue weighted by Gasteiger charge is 2.77. The van der Waals surface area contributed by atoms with E-state index < -0.39 is 29.7 Å². The van der Waals surface area contributed by atoms with Gasteiger partial charge in [0.05, 0.1) is 7.11 Å². The number of benzene rings is 1. The summed E-state index contributed by atoms with van der Waals surface area (Å²) in [5.74, 6) is -16.7. The summed E-state index contributed by atoms with van der Waals surface area (Å²) >= 11 is 0. The molecular formula is C22H28F7NO4. The Balaban J connectivity index is 2.68. The molecule has 0 unspecified atom stereocenters. The van der Waals surface area contributed by atoms with E-state index >= 15 is 0 Å². The number of hydrogen-bond donors (Lipinski definition) is 1. The van der Waals surface area contributed by atoms with E-state index in [1.54, 1.807) is 0 Å². The minimum Gasteiger partial charge on any atom is -0.493 e. The number of halogens is 7. The molecule has 0 aliphatic heterocycles. The Labute approximate surface area is 193 Å². The van der Waals surface area contributed by atoms with Gasteiger partial charge in [0.1, 0.15) is 0 Å². The third kappa shape index (κ3) is 8.05. The Kier molecular flexibility index (Phi) is 10.6. The molecule has 0 bridgehead atoms. The van der Waals surface area contributed by atoms with Gasteiger partial charge in [0.15, 0.2) is 11.5 Å². The van der Waals surface area contributed by atoms with Gasteiger partial charge in [-0.1, -0.05) is 45.6 Å². The van der Waals surface area contributed by atoms with E-state index in [1.807, 2.05) is 0 Å². The van der Waals surface area contributed by atoms with E-state index in [1.165, 1.54) is 6.07 Å². The molecule has 12 heteroatoms. The molecule has 0 radical (unpaired) electrons. The Hall–Kier alpha value is -2.53. The lowest BCUT2D eigenvalue weighted by Crippen LogP contribution is -2.57. The first kappa shape index (κ1) is 29.5. The van der Waals surface area contributed by atoms with Crippen LogP contribution >= 0.6 is 0 Å². The molecule has 1 amide bonds. The van der Waals surface area contributed by atoms with Crippen LogP contribution < -0.4 is 14.8 Å². The highest BCUT2D eigenvalue weighted by molar-refractivity contribution is 5.82. The van der Waals surface area contributed by atoms with Gasteiger partial charge in [0.25, 0.3) is 0 Å². The highest BCUT2D eigenvalue weighted by atomic mass is 19.4. The first-order valence-corrected chi connectivity index (χ1v) is 10.6. The molecule has 0 saturated heterocycles. The maximum atomic E-state index is 13.5. The minimum atomic E-state index is -6.67. The SMILES string of the molecule is COc1cc(CNC(=O)CCCCCCC(C)C)ccc1OC(=O)C(F)(F)C(F)(F)C(F)(F)F. The lowest BCUT2D eigenvalue weighted by atomic mass is 10.0. The fraction of sp³-hybridized carbons (Fsp3) is 0.636. The van der Waals surface area contributed by atoms with Crippen molar-refractivity contribution in [2.24, 2.45) is 5.92 Å². The quantitative estimate of drug-likeness (QED) is 0.154. The largest absolute Gasteiger partial charge is 0.493 e. The molecule has 0 aromatic heterocycles. The van der Waals surface area contributed by atoms with Crippen molar-refractivity contribution in [3.63, 3.8) is 0 Å². The second-order valence-electron chi connectivity index (χ2n) is 8.14. The lowest BCUT2D eigenvalue weighted by molar-refractivity contribution is -0.346. The van der Waals surface area contributed by atoms with Crippen LogP contribution in [0.25, 0.3) is 0 Å². The van der Waals surface area contributed by atoms with Gasteiger partial charge >= 0.3 is 24.0 Å². The number of unbranched alkanes of at least 4 members (excludes halogenated alkanes) is 3. The fourth-order valence-corrected chi connectivity index (χ4v) is 2.86. The molecule has 5 nitrogen and oxygen atoms in total. The number of carbonyl (C=O) groups is 2. The van der Waals surface area contributed by atoms with Crippen molar-refractivity contribution in [3.8, 4) is 11.5 Å². The molecule has 0 aliphatic carbocycles. The molecule has 1 N–H and O–H groups in total. The van der Waals surface area contributed by atoms with Crippen molar-refractivity contribution >= 4 is 11.9 Å². The number of methoxy groups -OCH3 is 1. The number of hydrogen-bond acceptors (Lipinski definition) is 4. The monoisotopic (exact) mass is 503 g/mol. The molecule has 0 spiro atoms. The van der Waals surface area contributed by atoms with Crippen LogP contribution in [0.2, 0.25) is 0 Å². The number of ether oxygens (including phenoxy) is 2. The molecule has 0 aliphatic rings. The minimum absolute atomic E-state index is 0.000919. The molecule has 0 saturated carbocycles. The molecule has 1 aromatic rings. The summed E-state index contributed by atoms with van der Waals surface area (Å²) in [6, 6.07) is 3.25. The fourth-order valence-electron chi connectivity index (χ4n) is 2.86. The van der Waals surface area contributed by atoms with E-state index in [2.05, 4.69) is 23.9 Å². The van der Waals surface area contributed by atoms with Crippen molar-refractivity contribution < 1.29 is 49.8 Å². The van der Waals surface area contributed by atoms with E-state index in [9.17, 15) is 40.3 Å². The van der Waals surface area contributed by atoms with Crippen molar-refractivity contribution in [1.29, 1.82) is 0 Å². The Bertz CT molecular complexity index is 826. The zero-order valence-corrected chi connectivity index (χ0v) is 19.0. The number of alkyl halides is 7. The van der Waals surface area contributed by atoms with Crippen LogP contribution in [0.15, 0.2) is 18.2 Å². The van der Waals surface area contributed by atoms with Crippen LogP contribution in [0.4, 0.5) is 30.7 Å². The standard InChI is InChI=1S/C22H28F7NO4/c1-14(2)8-6-4-5-7-9-18(31)30-13-15-10-11-16(17(12-15)33-3)34-19(32)20(23,24)21(25,26)22(27,28)29/h10-12,14H,4-9,13H2,1-3H3,(H,30,31). The normalized spacial score (nSPS) is 12.6. The van der Waals surface area contributed by atoms with Gasteiger partial charge in [0.2, 0.25) is 5.91 Å². The van der Waals surface area contributed by atoms with E-state index in [0.29, 0.717) is 24.3 Å². The summed E-state index contributed by atoms with van der Waals surface area (Å²) in [6.07, 6.45) is -1.51. The Morgan fingerprint density at radius 3 is 2.12 bits per heavy atom. The smallest absolute Gasteiger partial charge is 0.460 e. The second kappa shape index (κ2) is 12.3. The van der Waals surface area contributed by atoms with Gasteiger partial charge in [-0.05, 0) is 30.0 Å². The van der Waals surface area contributed by atoms with Crippen LogP contribution in [0.3, 0.4) is 0 Å². The second-order valence-corrected chi connectivity index (χ2v) is 8.14. The number of carbonyl (C=O) groups excluding carboxylic acids is 2. The summed E-state index contributed by atoms with van der Waals surface area (Å²) < 4.78 is 98.6. The van der Waals surface area contributed by atoms with Crippen LogP contribution in [0.5, 0.6) is 11.5 Å². The van der Waals surface area contributed by atoms with Gasteiger partial charge in [-0.15, -0.1) is 0 Å². The van der Waals surface area contributed by atoms with Crippen LogP contribution in [-0.2, 0) is 16.1 Å². The van der Waals surface area contributed by atoms with Gasteiger partial charge < -0.3 is 14.8 Å². The molecule has 194 valence electrons. The zero-order chi connectivity index (χ0) is 26.2. The van der Waals surface area contributed by atoms with Crippen LogP contribution in [-0.4, -0.2) is 37.0 Å². The summed E-state index contributed by atoms with van der Waals surface area (Å²) in [7, 11) is 1.04. The molecule has 0 atom stereocenters. The molecule has 0 heterocycles. The van der Waals surface area contributed by atoms with Crippen LogP contribution in [0.1, 0.15) is 57.9 Å². The van der Waals surface area contributed by atoms with Gasteiger partial charge in [0, 0.05) is 13.0 Å². The van der Waals surface area contributed by atoms with Crippen molar-refractivity contribution in [2.75, 3.05) is 7.11 Å². The van der Waals surface area contributed by atoms with E-state index in [-0.39, 0.29) is 18.2 Å². The molecular weight excluding hydrogens is 475 g/mol. The topological polar surface area (TPSA) is 64.6 Å². The number of rotatable bonds is 13. The average molecular weight is 503 g/mol. The maximum absolute atomic E-state index is 13.5. The van der Waals surface area contributed by atoms with Gasteiger partial charge in [-0.3, -0.25) is 4.79 Å². The van der Waals surface area contributed by atoms with Crippen LogP contribution in [0, 0.1) is 5.92 Å². The first-order valence-electron chi connectivity index (χ1n) is 10.6. The Morgan fingerprint density at radius 2 is 1.56 bits per heavy atom. The number of nitrogens with one attached hydrogen (secondary N) is 1. The molecule has 1 rings (SSSR count). The van der Waals surface area contributed by atoms with Crippen molar-refractivity contribution in [3.05, 3.63) is 23.8 Å². The van der Waals surface area contributed by atoms with Crippen molar-refractivity contribution in [1.82, 2.24) is 5.32 Å². The summed E-state index contributed by atoms with van der Waals surface area (Å²) in [5, 5.41) is 2.63. The molecule has 0 fully saturated rings. The van der Waals surface area contributed by atoms with E-state index in [4.69, 9.17) is 4.74 Å². The lowest BCUT2D eigenvalue weighted by Gasteiger charge is -2.26. The number of amides is 1.